The molecule has 0 spiro atoms. The zero-order valence-electron chi connectivity index (χ0n) is 13.8. The molecular weight excluding hydrogens is 361 g/mol. The van der Waals surface area contributed by atoms with Gasteiger partial charge in [-0.3, -0.25) is 0 Å². The van der Waals surface area contributed by atoms with E-state index in [9.17, 15) is 12.8 Å². The molecule has 0 atom stereocenters. The van der Waals surface area contributed by atoms with Crippen molar-refractivity contribution in [1.29, 1.82) is 0 Å². The molecule has 3 aromatic rings. The molecule has 3 rings (SSSR count). The highest BCUT2D eigenvalue weighted by atomic mass is 32.2. The van der Waals surface area contributed by atoms with Crippen LogP contribution in [0.15, 0.2) is 57.9 Å². The number of sulfonamides is 1. The molecule has 1 heterocycles. The first-order chi connectivity index (χ1) is 12.5. The fourth-order valence-electron chi connectivity index (χ4n) is 2.24. The minimum Gasteiger partial charge on any atom is -0.497 e. The highest BCUT2D eigenvalue weighted by Crippen LogP contribution is 2.19. The summed E-state index contributed by atoms with van der Waals surface area (Å²) in [6.45, 7) is 0.0628. The van der Waals surface area contributed by atoms with Gasteiger partial charge in [-0.1, -0.05) is 17.3 Å². The molecule has 0 aliphatic rings. The fraction of sp³-hybridized carbons (Fsp3) is 0.176. The van der Waals surface area contributed by atoms with Crippen LogP contribution in [-0.4, -0.2) is 32.2 Å². The maximum Gasteiger partial charge on any atom is 0.240 e. The number of hydrogen-bond donors (Lipinski definition) is 1. The van der Waals surface area contributed by atoms with Crippen LogP contribution in [0.3, 0.4) is 0 Å². The second kappa shape index (κ2) is 7.63. The first-order valence-corrected chi connectivity index (χ1v) is 9.19. The summed E-state index contributed by atoms with van der Waals surface area (Å²) in [7, 11) is -2.16. The first-order valence-electron chi connectivity index (χ1n) is 7.71. The van der Waals surface area contributed by atoms with Crippen molar-refractivity contribution in [2.45, 2.75) is 11.3 Å². The number of aromatic nitrogens is 2. The van der Waals surface area contributed by atoms with Crippen molar-refractivity contribution in [2.24, 2.45) is 0 Å². The molecule has 0 saturated heterocycles. The Balaban J connectivity index is 1.62. The van der Waals surface area contributed by atoms with Gasteiger partial charge in [0.15, 0.2) is 0 Å². The van der Waals surface area contributed by atoms with E-state index in [0.717, 1.165) is 0 Å². The monoisotopic (exact) mass is 377 g/mol. The van der Waals surface area contributed by atoms with E-state index in [4.69, 9.17) is 9.26 Å². The third-order valence-corrected chi connectivity index (χ3v) is 5.06. The van der Waals surface area contributed by atoms with E-state index in [2.05, 4.69) is 14.9 Å². The molecule has 0 amide bonds. The number of halogens is 1. The average Bonchev–Trinajstić information content (AvgIpc) is 3.10. The van der Waals surface area contributed by atoms with Gasteiger partial charge in [0.2, 0.25) is 21.7 Å². The molecule has 1 N–H and O–H groups in total. The van der Waals surface area contributed by atoms with Gasteiger partial charge in [-0.2, -0.15) is 4.98 Å². The lowest BCUT2D eigenvalue weighted by atomic mass is 10.2. The summed E-state index contributed by atoms with van der Waals surface area (Å²) in [6.07, 6.45) is 0.177. The largest absolute Gasteiger partial charge is 0.497 e. The topological polar surface area (TPSA) is 94.3 Å². The van der Waals surface area contributed by atoms with Crippen LogP contribution in [0, 0.1) is 5.82 Å². The molecule has 0 aliphatic heterocycles. The van der Waals surface area contributed by atoms with E-state index >= 15 is 0 Å². The van der Waals surface area contributed by atoms with Gasteiger partial charge >= 0.3 is 0 Å². The van der Waals surface area contributed by atoms with Gasteiger partial charge in [0.05, 0.1) is 17.6 Å². The zero-order chi connectivity index (χ0) is 18.6. The quantitative estimate of drug-likeness (QED) is 0.679. The predicted molar refractivity (Wildman–Crippen MR) is 91.6 cm³/mol. The molecule has 9 heteroatoms. The summed E-state index contributed by atoms with van der Waals surface area (Å²) in [6, 6.07) is 12.1. The molecule has 0 fully saturated rings. The van der Waals surface area contributed by atoms with Gasteiger partial charge in [0.25, 0.3) is 0 Å². The highest BCUT2D eigenvalue weighted by molar-refractivity contribution is 7.89. The number of benzene rings is 2. The molecule has 136 valence electrons. The van der Waals surface area contributed by atoms with Crippen LogP contribution in [-0.2, 0) is 16.4 Å². The second-order valence-electron chi connectivity index (χ2n) is 5.31. The van der Waals surface area contributed by atoms with Crippen LogP contribution >= 0.6 is 0 Å². The Kier molecular flexibility index (Phi) is 5.29. The lowest BCUT2D eigenvalue weighted by Crippen LogP contribution is -2.26. The van der Waals surface area contributed by atoms with Crippen molar-refractivity contribution in [3.8, 4) is 17.1 Å². The molecule has 0 radical (unpaired) electrons. The number of methoxy groups -OCH3 is 1. The van der Waals surface area contributed by atoms with Crippen LogP contribution in [0.1, 0.15) is 5.89 Å². The van der Waals surface area contributed by atoms with E-state index in [-0.39, 0.29) is 35.1 Å². The van der Waals surface area contributed by atoms with Crippen molar-refractivity contribution in [2.75, 3.05) is 13.7 Å². The van der Waals surface area contributed by atoms with Crippen molar-refractivity contribution in [3.63, 3.8) is 0 Å². The minimum atomic E-state index is -3.66. The van der Waals surface area contributed by atoms with Crippen LogP contribution in [0.4, 0.5) is 4.39 Å². The third-order valence-electron chi connectivity index (χ3n) is 3.58. The molecule has 7 nitrogen and oxygen atoms in total. The summed E-state index contributed by atoms with van der Waals surface area (Å²) in [5.74, 6) is 0.437. The maximum absolute atomic E-state index is 13.7. The van der Waals surface area contributed by atoms with Crippen molar-refractivity contribution in [1.82, 2.24) is 14.9 Å². The SMILES string of the molecule is COc1ccc(S(=O)(=O)NCCc2nc(-c3ccccc3F)no2)cc1. The Morgan fingerprint density at radius 2 is 1.88 bits per heavy atom. The Labute approximate surface area is 149 Å². The first kappa shape index (κ1) is 18.0. The summed E-state index contributed by atoms with van der Waals surface area (Å²) in [4.78, 5) is 4.21. The molecule has 0 unspecified atom stereocenters. The van der Waals surface area contributed by atoms with Crippen LogP contribution < -0.4 is 9.46 Å². The van der Waals surface area contributed by atoms with Gasteiger partial charge < -0.3 is 9.26 Å². The summed E-state index contributed by atoms with van der Waals surface area (Å²) in [5.41, 5.74) is 0.223. The van der Waals surface area contributed by atoms with Crippen LogP contribution in [0.25, 0.3) is 11.4 Å². The molecular formula is C17H16FN3O4S. The van der Waals surface area contributed by atoms with Crippen molar-refractivity contribution >= 4 is 10.0 Å². The van der Waals surface area contributed by atoms with Crippen molar-refractivity contribution in [3.05, 3.63) is 60.2 Å². The van der Waals surface area contributed by atoms with Gasteiger partial charge in [-0.25, -0.2) is 17.5 Å². The molecule has 1 aromatic heterocycles. The molecule has 0 saturated carbocycles. The second-order valence-corrected chi connectivity index (χ2v) is 7.08. The average molecular weight is 377 g/mol. The summed E-state index contributed by atoms with van der Waals surface area (Å²) < 4.78 is 50.7. The Morgan fingerprint density at radius 3 is 2.58 bits per heavy atom. The number of nitrogens with zero attached hydrogens (tertiary/aromatic N) is 2. The summed E-state index contributed by atoms with van der Waals surface area (Å²) in [5, 5.41) is 3.72. The van der Waals surface area contributed by atoms with Crippen molar-refractivity contribution < 1.29 is 22.1 Å². The van der Waals surface area contributed by atoms with E-state index in [0.29, 0.717) is 5.75 Å². The fourth-order valence-corrected chi connectivity index (χ4v) is 3.27. The van der Waals surface area contributed by atoms with E-state index in [1.54, 1.807) is 24.3 Å². The summed E-state index contributed by atoms with van der Waals surface area (Å²) >= 11 is 0. The lowest BCUT2D eigenvalue weighted by Gasteiger charge is -2.06. The van der Waals surface area contributed by atoms with Crippen LogP contribution in [0.2, 0.25) is 0 Å². The van der Waals surface area contributed by atoms with Crippen LogP contribution in [0.5, 0.6) is 5.75 Å². The number of ether oxygens (including phenoxy) is 1. The van der Waals surface area contributed by atoms with E-state index < -0.39 is 15.8 Å². The molecule has 26 heavy (non-hydrogen) atoms. The van der Waals surface area contributed by atoms with Gasteiger partial charge in [-0.05, 0) is 36.4 Å². The number of hydrogen-bond acceptors (Lipinski definition) is 6. The van der Waals surface area contributed by atoms with Gasteiger partial charge in [-0.15, -0.1) is 0 Å². The van der Waals surface area contributed by atoms with E-state index in [1.807, 2.05) is 0 Å². The minimum absolute atomic E-state index is 0.0628. The Morgan fingerprint density at radius 1 is 1.15 bits per heavy atom. The Hall–Kier alpha value is -2.78. The third kappa shape index (κ3) is 4.06. The number of nitrogens with one attached hydrogen (secondary N) is 1. The zero-order valence-corrected chi connectivity index (χ0v) is 14.7. The molecule has 0 bridgehead atoms. The standard InChI is InChI=1S/C17H16FN3O4S/c1-24-12-6-8-13(9-7-12)26(22,23)19-11-10-16-20-17(21-25-16)14-4-2-3-5-15(14)18/h2-9,19H,10-11H2,1H3. The maximum atomic E-state index is 13.7. The molecule has 0 aliphatic carbocycles. The van der Waals surface area contributed by atoms with Gasteiger partial charge in [0.1, 0.15) is 11.6 Å². The lowest BCUT2D eigenvalue weighted by molar-refractivity contribution is 0.378. The van der Waals surface area contributed by atoms with Gasteiger partial charge in [0, 0.05) is 13.0 Å². The normalized spacial score (nSPS) is 11.5. The Bertz CT molecular complexity index is 987. The smallest absolute Gasteiger partial charge is 0.240 e. The predicted octanol–water partition coefficient (Wildman–Crippen LogP) is 2.41. The highest BCUT2D eigenvalue weighted by Gasteiger charge is 2.16. The molecule has 2 aromatic carbocycles. The number of rotatable bonds is 7. The van der Waals surface area contributed by atoms with E-state index in [1.165, 1.54) is 31.4 Å².